The fourth-order valence-corrected chi connectivity index (χ4v) is 4.26. The van der Waals surface area contributed by atoms with Crippen molar-refractivity contribution in [1.29, 1.82) is 0 Å². The number of rotatable bonds is 6. The first-order valence-electron chi connectivity index (χ1n) is 9.22. The molecule has 0 saturated heterocycles. The highest BCUT2D eigenvalue weighted by Crippen LogP contribution is 2.45. The van der Waals surface area contributed by atoms with Gasteiger partial charge in [-0.2, -0.15) is 0 Å². The van der Waals surface area contributed by atoms with Gasteiger partial charge < -0.3 is 14.3 Å². The molecule has 0 amide bonds. The molecule has 2 aromatic rings. The zero-order valence-corrected chi connectivity index (χ0v) is 15.0. The van der Waals surface area contributed by atoms with E-state index in [1.807, 2.05) is 36.4 Å². The molecule has 4 nitrogen and oxygen atoms in total. The molecule has 0 N–H and O–H groups in total. The molecule has 136 valence electrons. The standard InChI is InChI=1S/C22H24O4/c1-2-26-21(25)12-17-8-10-19(13-23)22(20(17)14-24)18-9-7-15-5-3-4-6-16(15)11-18/h3-7,9,11,13-14,17,19-20,22H,2,8,10,12H2,1H3/t17-,19-,20-,22-/m0/s1. The molecular weight excluding hydrogens is 328 g/mol. The van der Waals surface area contributed by atoms with E-state index in [4.69, 9.17) is 4.74 Å². The zero-order chi connectivity index (χ0) is 18.5. The molecule has 4 atom stereocenters. The van der Waals surface area contributed by atoms with Crippen LogP contribution in [0.2, 0.25) is 0 Å². The third-order valence-corrected chi connectivity index (χ3v) is 5.52. The molecule has 0 radical (unpaired) electrons. The number of benzene rings is 2. The van der Waals surface area contributed by atoms with Gasteiger partial charge in [0.2, 0.25) is 0 Å². The fraction of sp³-hybridized carbons (Fsp3) is 0.409. The van der Waals surface area contributed by atoms with Crippen LogP contribution in [0.4, 0.5) is 0 Å². The number of aldehydes is 2. The molecule has 1 aliphatic carbocycles. The van der Waals surface area contributed by atoms with E-state index >= 15 is 0 Å². The van der Waals surface area contributed by atoms with Crippen LogP contribution in [0.5, 0.6) is 0 Å². The third kappa shape index (κ3) is 3.69. The van der Waals surface area contributed by atoms with Crippen molar-refractivity contribution in [3.63, 3.8) is 0 Å². The van der Waals surface area contributed by atoms with Crippen LogP contribution in [-0.4, -0.2) is 25.1 Å². The van der Waals surface area contributed by atoms with Gasteiger partial charge in [-0.05, 0) is 42.0 Å². The summed E-state index contributed by atoms with van der Waals surface area (Å²) in [6, 6.07) is 14.1. The van der Waals surface area contributed by atoms with Crippen molar-refractivity contribution < 1.29 is 19.1 Å². The molecule has 26 heavy (non-hydrogen) atoms. The molecule has 2 aromatic carbocycles. The summed E-state index contributed by atoms with van der Waals surface area (Å²) in [5.41, 5.74) is 0.992. The van der Waals surface area contributed by atoms with Crippen LogP contribution >= 0.6 is 0 Å². The molecule has 4 heteroatoms. The van der Waals surface area contributed by atoms with E-state index in [1.54, 1.807) is 6.92 Å². The maximum atomic E-state index is 12.0. The highest BCUT2D eigenvalue weighted by molar-refractivity contribution is 5.83. The first kappa shape index (κ1) is 18.3. The van der Waals surface area contributed by atoms with E-state index in [9.17, 15) is 14.4 Å². The quantitative estimate of drug-likeness (QED) is 0.584. The predicted octanol–water partition coefficient (Wildman–Crippen LogP) is 3.92. The summed E-state index contributed by atoms with van der Waals surface area (Å²) in [4.78, 5) is 35.6. The number of fused-ring (bicyclic) bond motifs is 1. The Balaban J connectivity index is 1.94. The number of ether oxygens (including phenoxy) is 1. The summed E-state index contributed by atoms with van der Waals surface area (Å²) in [5, 5.41) is 2.22. The van der Waals surface area contributed by atoms with Crippen molar-refractivity contribution in [3.8, 4) is 0 Å². The first-order valence-corrected chi connectivity index (χ1v) is 9.22. The lowest BCUT2D eigenvalue weighted by Crippen LogP contribution is -2.36. The van der Waals surface area contributed by atoms with Gasteiger partial charge in [0.15, 0.2) is 0 Å². The number of carbonyl (C=O) groups is 3. The molecule has 0 bridgehead atoms. The molecule has 1 aliphatic rings. The monoisotopic (exact) mass is 352 g/mol. The van der Waals surface area contributed by atoms with Crippen LogP contribution in [0, 0.1) is 17.8 Å². The van der Waals surface area contributed by atoms with E-state index in [2.05, 4.69) is 6.07 Å². The Morgan fingerprint density at radius 2 is 1.85 bits per heavy atom. The van der Waals surface area contributed by atoms with Crippen molar-refractivity contribution in [2.45, 2.75) is 32.1 Å². The summed E-state index contributed by atoms with van der Waals surface area (Å²) in [5.74, 6) is -1.11. The predicted molar refractivity (Wildman–Crippen MR) is 99.8 cm³/mol. The van der Waals surface area contributed by atoms with E-state index < -0.39 is 0 Å². The van der Waals surface area contributed by atoms with Crippen LogP contribution in [0.1, 0.15) is 37.7 Å². The second kappa shape index (κ2) is 8.26. The second-order valence-corrected chi connectivity index (χ2v) is 6.99. The Hall–Kier alpha value is -2.49. The Morgan fingerprint density at radius 1 is 1.08 bits per heavy atom. The summed E-state index contributed by atoms with van der Waals surface area (Å²) in [6.07, 6.45) is 3.51. The molecule has 3 rings (SSSR count). The van der Waals surface area contributed by atoms with E-state index in [1.165, 1.54) is 0 Å². The number of hydrogen-bond donors (Lipinski definition) is 0. The topological polar surface area (TPSA) is 60.4 Å². The number of esters is 1. The Kier molecular flexibility index (Phi) is 5.82. The minimum atomic E-state index is -0.357. The summed E-state index contributed by atoms with van der Waals surface area (Å²) >= 11 is 0. The van der Waals surface area contributed by atoms with Gasteiger partial charge in [-0.25, -0.2) is 0 Å². The molecule has 1 saturated carbocycles. The van der Waals surface area contributed by atoms with Crippen molar-refractivity contribution >= 4 is 29.3 Å². The van der Waals surface area contributed by atoms with Crippen molar-refractivity contribution in [2.24, 2.45) is 17.8 Å². The summed E-state index contributed by atoms with van der Waals surface area (Å²) < 4.78 is 5.06. The number of hydrogen-bond acceptors (Lipinski definition) is 4. The van der Waals surface area contributed by atoms with Gasteiger partial charge >= 0.3 is 5.97 Å². The van der Waals surface area contributed by atoms with E-state index in [0.717, 1.165) is 28.9 Å². The molecule has 0 aromatic heterocycles. The first-order chi connectivity index (χ1) is 12.7. The lowest BCUT2D eigenvalue weighted by molar-refractivity contribution is -0.145. The van der Waals surface area contributed by atoms with Crippen molar-refractivity contribution in [1.82, 2.24) is 0 Å². The highest BCUT2D eigenvalue weighted by atomic mass is 16.5. The molecule has 0 unspecified atom stereocenters. The highest BCUT2D eigenvalue weighted by Gasteiger charge is 2.41. The Morgan fingerprint density at radius 3 is 2.54 bits per heavy atom. The lowest BCUT2D eigenvalue weighted by Gasteiger charge is -2.38. The minimum Gasteiger partial charge on any atom is -0.466 e. The Bertz CT molecular complexity index is 798. The smallest absolute Gasteiger partial charge is 0.306 e. The van der Waals surface area contributed by atoms with Gasteiger partial charge in [0.05, 0.1) is 6.61 Å². The molecule has 0 heterocycles. The SMILES string of the molecule is CCOC(=O)C[C@@H]1CC[C@@H](C=O)[C@H](c2ccc3ccccc3c2)[C@H]1C=O. The fourth-order valence-electron chi connectivity index (χ4n) is 4.26. The average Bonchev–Trinajstić information content (AvgIpc) is 2.67. The normalized spacial score (nSPS) is 25.6. The van der Waals surface area contributed by atoms with Crippen molar-refractivity contribution in [3.05, 3.63) is 48.0 Å². The molecule has 0 spiro atoms. The Labute approximate surface area is 153 Å². The van der Waals surface area contributed by atoms with Crippen LogP contribution in [0.3, 0.4) is 0 Å². The van der Waals surface area contributed by atoms with Gasteiger partial charge in [0.1, 0.15) is 12.6 Å². The molecular formula is C22H24O4. The molecule has 0 aliphatic heterocycles. The third-order valence-electron chi connectivity index (χ3n) is 5.52. The number of carbonyl (C=O) groups excluding carboxylic acids is 3. The minimum absolute atomic E-state index is 0.0841. The van der Waals surface area contributed by atoms with Gasteiger partial charge in [0.25, 0.3) is 0 Å². The van der Waals surface area contributed by atoms with Crippen LogP contribution in [-0.2, 0) is 19.1 Å². The largest absolute Gasteiger partial charge is 0.466 e. The van der Waals surface area contributed by atoms with Gasteiger partial charge in [-0.3, -0.25) is 4.79 Å². The second-order valence-electron chi connectivity index (χ2n) is 6.99. The van der Waals surface area contributed by atoms with E-state index in [0.29, 0.717) is 19.4 Å². The zero-order valence-electron chi connectivity index (χ0n) is 15.0. The van der Waals surface area contributed by atoms with E-state index in [-0.39, 0.29) is 36.1 Å². The average molecular weight is 352 g/mol. The maximum Gasteiger partial charge on any atom is 0.306 e. The van der Waals surface area contributed by atoms with Gasteiger partial charge in [-0.15, -0.1) is 0 Å². The lowest BCUT2D eigenvalue weighted by atomic mass is 9.64. The molecule has 1 fully saturated rings. The maximum absolute atomic E-state index is 12.0. The summed E-state index contributed by atoms with van der Waals surface area (Å²) in [7, 11) is 0. The van der Waals surface area contributed by atoms with Gasteiger partial charge in [-0.1, -0.05) is 42.5 Å². The van der Waals surface area contributed by atoms with Crippen LogP contribution in [0.15, 0.2) is 42.5 Å². The summed E-state index contributed by atoms with van der Waals surface area (Å²) in [6.45, 7) is 2.11. The van der Waals surface area contributed by atoms with Crippen molar-refractivity contribution in [2.75, 3.05) is 6.61 Å². The van der Waals surface area contributed by atoms with Crippen LogP contribution < -0.4 is 0 Å². The van der Waals surface area contributed by atoms with Gasteiger partial charge in [0, 0.05) is 24.2 Å². The van der Waals surface area contributed by atoms with Crippen LogP contribution in [0.25, 0.3) is 10.8 Å².